The van der Waals surface area contributed by atoms with Crippen LogP contribution in [0.2, 0.25) is 0 Å². The SMILES string of the molecule is COc1ccc([C@H]2C(C(=O)OC(C)C)=C(C)N=c3s/c(=C/c4ccc(C)o4)c(=O)n32)cc1. The van der Waals surface area contributed by atoms with Crippen LogP contribution in [0.3, 0.4) is 0 Å². The average molecular weight is 453 g/mol. The second-order valence-corrected chi connectivity index (χ2v) is 8.77. The van der Waals surface area contributed by atoms with E-state index >= 15 is 0 Å². The van der Waals surface area contributed by atoms with Crippen molar-refractivity contribution in [2.75, 3.05) is 7.11 Å². The summed E-state index contributed by atoms with van der Waals surface area (Å²) in [4.78, 5) is 31.6. The molecule has 0 spiro atoms. The average Bonchev–Trinajstić information content (AvgIpc) is 3.29. The zero-order chi connectivity index (χ0) is 23.0. The quantitative estimate of drug-likeness (QED) is 0.556. The van der Waals surface area contributed by atoms with Gasteiger partial charge in [-0.15, -0.1) is 0 Å². The number of thiazole rings is 1. The Hall–Kier alpha value is -3.39. The Morgan fingerprint density at radius 2 is 1.91 bits per heavy atom. The molecule has 1 atom stereocenters. The van der Waals surface area contributed by atoms with Gasteiger partial charge in [-0.05, 0) is 57.5 Å². The first-order valence-corrected chi connectivity index (χ1v) is 11.0. The van der Waals surface area contributed by atoms with Crippen LogP contribution in [0.25, 0.3) is 6.08 Å². The van der Waals surface area contributed by atoms with Gasteiger partial charge in [0.2, 0.25) is 0 Å². The van der Waals surface area contributed by atoms with Gasteiger partial charge in [-0.1, -0.05) is 23.5 Å². The molecule has 1 aromatic carbocycles. The summed E-state index contributed by atoms with van der Waals surface area (Å²) in [6, 6.07) is 10.3. The summed E-state index contributed by atoms with van der Waals surface area (Å²) < 4.78 is 18.4. The highest BCUT2D eigenvalue weighted by Crippen LogP contribution is 2.31. The molecule has 1 aliphatic heterocycles. The van der Waals surface area contributed by atoms with E-state index < -0.39 is 12.0 Å². The molecule has 0 unspecified atom stereocenters. The number of nitrogens with zero attached hydrogens (tertiary/aromatic N) is 2. The number of esters is 1. The molecule has 8 heteroatoms. The summed E-state index contributed by atoms with van der Waals surface area (Å²) >= 11 is 1.26. The number of hydrogen-bond acceptors (Lipinski definition) is 7. The van der Waals surface area contributed by atoms with E-state index in [2.05, 4.69) is 4.99 Å². The maximum atomic E-state index is 13.5. The van der Waals surface area contributed by atoms with Gasteiger partial charge >= 0.3 is 5.97 Å². The third-order valence-corrected chi connectivity index (χ3v) is 6.03. The number of furan rings is 1. The number of hydrogen-bond donors (Lipinski definition) is 0. The van der Waals surface area contributed by atoms with Crippen LogP contribution >= 0.6 is 11.3 Å². The Bertz CT molecular complexity index is 1370. The fourth-order valence-corrected chi connectivity index (χ4v) is 4.65. The van der Waals surface area contributed by atoms with E-state index in [1.165, 1.54) is 11.3 Å². The lowest BCUT2D eigenvalue weighted by Gasteiger charge is -2.25. The number of aryl methyl sites for hydroxylation is 1. The molecule has 3 heterocycles. The smallest absolute Gasteiger partial charge is 0.338 e. The predicted octanol–water partition coefficient (Wildman–Crippen LogP) is 3.10. The molecular formula is C24H24N2O5S. The van der Waals surface area contributed by atoms with Gasteiger partial charge in [0.1, 0.15) is 17.3 Å². The van der Waals surface area contributed by atoms with Crippen molar-refractivity contribution in [3.05, 3.63) is 84.4 Å². The molecule has 0 saturated carbocycles. The minimum absolute atomic E-state index is 0.244. The van der Waals surface area contributed by atoms with E-state index in [9.17, 15) is 9.59 Å². The van der Waals surface area contributed by atoms with Crippen molar-refractivity contribution in [1.82, 2.24) is 4.57 Å². The zero-order valence-corrected chi connectivity index (χ0v) is 19.4. The van der Waals surface area contributed by atoms with Crippen LogP contribution in [0.4, 0.5) is 0 Å². The number of rotatable bonds is 5. The van der Waals surface area contributed by atoms with E-state index in [1.807, 2.05) is 31.2 Å². The standard InChI is InChI=1S/C24H24N2O5S/c1-13(2)30-23(28)20-15(4)25-24-26(21(20)16-7-10-17(29-5)11-8-16)22(27)19(32-24)12-18-9-6-14(3)31-18/h6-13,21H,1-5H3/b19-12+/t21-/m0/s1. The van der Waals surface area contributed by atoms with Crippen LogP contribution in [0.1, 0.15) is 43.9 Å². The van der Waals surface area contributed by atoms with Crippen LogP contribution in [-0.4, -0.2) is 23.8 Å². The van der Waals surface area contributed by atoms with Gasteiger partial charge in [-0.3, -0.25) is 9.36 Å². The minimum atomic E-state index is -0.663. The summed E-state index contributed by atoms with van der Waals surface area (Å²) in [6.45, 7) is 7.19. The molecule has 0 saturated heterocycles. The monoisotopic (exact) mass is 452 g/mol. The topological polar surface area (TPSA) is 83.0 Å². The van der Waals surface area contributed by atoms with Crippen LogP contribution in [0.15, 0.2) is 61.9 Å². The first-order chi connectivity index (χ1) is 15.3. The van der Waals surface area contributed by atoms with Crippen molar-refractivity contribution < 1.29 is 18.7 Å². The molecular weight excluding hydrogens is 428 g/mol. The lowest BCUT2D eigenvalue weighted by atomic mass is 9.96. The molecule has 0 bridgehead atoms. The first kappa shape index (κ1) is 21.8. The molecule has 32 heavy (non-hydrogen) atoms. The molecule has 1 aliphatic rings. The van der Waals surface area contributed by atoms with Gasteiger partial charge in [-0.2, -0.15) is 0 Å². The number of aromatic nitrogens is 1. The lowest BCUT2D eigenvalue weighted by Crippen LogP contribution is -2.40. The fraction of sp³-hybridized carbons (Fsp3) is 0.292. The van der Waals surface area contributed by atoms with Crippen molar-refractivity contribution in [2.45, 2.75) is 39.8 Å². The number of allylic oxidation sites excluding steroid dienone is 1. The van der Waals surface area contributed by atoms with Gasteiger partial charge in [0.05, 0.1) is 35.1 Å². The van der Waals surface area contributed by atoms with Crippen molar-refractivity contribution in [2.24, 2.45) is 4.99 Å². The van der Waals surface area contributed by atoms with E-state index in [-0.39, 0.29) is 11.7 Å². The maximum absolute atomic E-state index is 13.5. The number of carbonyl (C=O) groups excluding carboxylic acids is 1. The second kappa shape index (κ2) is 8.63. The lowest BCUT2D eigenvalue weighted by molar-refractivity contribution is -0.143. The molecule has 0 amide bonds. The molecule has 7 nitrogen and oxygen atoms in total. The molecule has 0 fully saturated rings. The van der Waals surface area contributed by atoms with E-state index in [0.29, 0.717) is 32.1 Å². The number of ether oxygens (including phenoxy) is 2. The van der Waals surface area contributed by atoms with Crippen LogP contribution in [0, 0.1) is 6.92 Å². The largest absolute Gasteiger partial charge is 0.497 e. The van der Waals surface area contributed by atoms with Gasteiger partial charge in [-0.25, -0.2) is 9.79 Å². The van der Waals surface area contributed by atoms with E-state index in [1.54, 1.807) is 50.7 Å². The Morgan fingerprint density at radius 1 is 1.19 bits per heavy atom. The van der Waals surface area contributed by atoms with Gasteiger partial charge in [0.25, 0.3) is 5.56 Å². The minimum Gasteiger partial charge on any atom is -0.497 e. The van der Waals surface area contributed by atoms with E-state index in [0.717, 1.165) is 11.3 Å². The Morgan fingerprint density at radius 3 is 2.50 bits per heavy atom. The van der Waals surface area contributed by atoms with E-state index in [4.69, 9.17) is 13.9 Å². The number of fused-ring (bicyclic) bond motifs is 1. The molecule has 0 aliphatic carbocycles. The molecule has 0 radical (unpaired) electrons. The predicted molar refractivity (Wildman–Crippen MR) is 121 cm³/mol. The Kier molecular flexibility index (Phi) is 5.88. The van der Waals surface area contributed by atoms with Gasteiger partial charge < -0.3 is 13.9 Å². The summed E-state index contributed by atoms with van der Waals surface area (Å²) in [7, 11) is 1.59. The third kappa shape index (κ3) is 4.05. The van der Waals surface area contributed by atoms with Crippen LogP contribution in [0.5, 0.6) is 5.75 Å². The van der Waals surface area contributed by atoms with Crippen LogP contribution in [-0.2, 0) is 9.53 Å². The van der Waals surface area contributed by atoms with Gasteiger partial charge in [0.15, 0.2) is 4.80 Å². The molecule has 166 valence electrons. The molecule has 0 N–H and O–H groups in total. The summed E-state index contributed by atoms with van der Waals surface area (Å²) in [5.74, 6) is 1.54. The molecule has 3 aromatic rings. The maximum Gasteiger partial charge on any atom is 0.338 e. The van der Waals surface area contributed by atoms with Gasteiger partial charge in [0, 0.05) is 6.08 Å². The highest BCUT2D eigenvalue weighted by atomic mass is 32.1. The zero-order valence-electron chi connectivity index (χ0n) is 18.5. The molecule has 2 aromatic heterocycles. The fourth-order valence-electron chi connectivity index (χ4n) is 3.62. The number of methoxy groups -OCH3 is 1. The highest BCUT2D eigenvalue weighted by Gasteiger charge is 2.33. The van der Waals surface area contributed by atoms with Crippen molar-refractivity contribution in [1.29, 1.82) is 0 Å². The Labute approximate surface area is 188 Å². The summed E-state index contributed by atoms with van der Waals surface area (Å²) in [5.41, 5.74) is 1.39. The number of carbonyl (C=O) groups is 1. The third-order valence-electron chi connectivity index (χ3n) is 5.05. The van der Waals surface area contributed by atoms with Crippen molar-refractivity contribution in [3.8, 4) is 5.75 Å². The normalized spacial score (nSPS) is 16.2. The second-order valence-electron chi connectivity index (χ2n) is 7.76. The van der Waals surface area contributed by atoms with Crippen molar-refractivity contribution in [3.63, 3.8) is 0 Å². The summed E-state index contributed by atoms with van der Waals surface area (Å²) in [6.07, 6.45) is 1.40. The van der Waals surface area contributed by atoms with Crippen molar-refractivity contribution >= 4 is 23.4 Å². The highest BCUT2D eigenvalue weighted by molar-refractivity contribution is 7.07. The van der Waals surface area contributed by atoms with Crippen LogP contribution < -0.4 is 19.6 Å². The number of benzene rings is 1. The Balaban J connectivity index is 1.93. The molecule has 4 rings (SSSR count). The first-order valence-electron chi connectivity index (χ1n) is 10.2. The summed E-state index contributed by atoms with van der Waals surface area (Å²) in [5, 5.41) is 0.